The number of halogens is 2. The van der Waals surface area contributed by atoms with Crippen LogP contribution in [0.25, 0.3) is 16.9 Å². The van der Waals surface area contributed by atoms with Crippen molar-refractivity contribution in [3.63, 3.8) is 0 Å². The van der Waals surface area contributed by atoms with Crippen LogP contribution in [-0.4, -0.2) is 45.0 Å². The van der Waals surface area contributed by atoms with Crippen molar-refractivity contribution >= 4 is 17.1 Å². The molecule has 0 spiro atoms. The Bertz CT molecular complexity index is 1180. The van der Waals surface area contributed by atoms with Gasteiger partial charge in [0, 0.05) is 13.2 Å². The van der Waals surface area contributed by atoms with Crippen molar-refractivity contribution in [2.75, 3.05) is 20.3 Å². The summed E-state index contributed by atoms with van der Waals surface area (Å²) in [4.78, 5) is 41.8. The number of hydrogen-bond acceptors (Lipinski definition) is 6. The predicted octanol–water partition coefficient (Wildman–Crippen LogP) is 0.837. The third-order valence-electron chi connectivity index (χ3n) is 4.17. The third-order valence-corrected chi connectivity index (χ3v) is 4.17. The number of hydrogen-bond donors (Lipinski definition) is 0. The first kappa shape index (κ1) is 20.4. The molecule has 0 bridgehead atoms. The number of fused-ring (bicyclic) bond motifs is 1. The molecule has 0 radical (unpaired) electrons. The summed E-state index contributed by atoms with van der Waals surface area (Å²) >= 11 is 0. The van der Waals surface area contributed by atoms with E-state index in [-0.39, 0.29) is 43.2 Å². The number of aromatic nitrogens is 4. The number of methoxy groups -OCH3 is 1. The number of rotatable bonds is 7. The van der Waals surface area contributed by atoms with Crippen LogP contribution in [0.4, 0.5) is 8.78 Å². The van der Waals surface area contributed by atoms with E-state index in [1.165, 1.54) is 18.0 Å². The first-order valence-corrected chi connectivity index (χ1v) is 8.69. The van der Waals surface area contributed by atoms with Gasteiger partial charge < -0.3 is 14.0 Å². The van der Waals surface area contributed by atoms with Gasteiger partial charge in [-0.3, -0.25) is 14.2 Å². The summed E-state index contributed by atoms with van der Waals surface area (Å²) in [6.45, 7) is 1.38. The smallest absolute Gasteiger partial charge is 0.337 e. The van der Waals surface area contributed by atoms with E-state index in [2.05, 4.69) is 4.98 Å². The Morgan fingerprint density at radius 2 is 2.00 bits per heavy atom. The molecule has 0 atom stereocenters. The third kappa shape index (κ3) is 3.81. The quantitative estimate of drug-likeness (QED) is 0.538. The Balaban J connectivity index is 2.32. The van der Waals surface area contributed by atoms with E-state index < -0.39 is 28.9 Å². The van der Waals surface area contributed by atoms with Crippen LogP contribution in [0.2, 0.25) is 0 Å². The van der Waals surface area contributed by atoms with Gasteiger partial charge in [0.2, 0.25) is 0 Å². The normalized spacial score (nSPS) is 11.2. The molecule has 29 heavy (non-hydrogen) atoms. The van der Waals surface area contributed by atoms with Crippen LogP contribution in [0.1, 0.15) is 6.92 Å². The molecule has 154 valence electrons. The lowest BCUT2D eigenvalue weighted by Gasteiger charge is -2.13. The highest BCUT2D eigenvalue weighted by Crippen LogP contribution is 2.17. The number of carbonyl (C=O) groups excluding carboxylic acids is 1. The number of esters is 1. The monoisotopic (exact) mass is 408 g/mol. The molecule has 9 nitrogen and oxygen atoms in total. The summed E-state index contributed by atoms with van der Waals surface area (Å²) in [5.74, 6) is -2.44. The maximum atomic E-state index is 14.4. The van der Waals surface area contributed by atoms with E-state index in [0.717, 1.165) is 21.3 Å². The molecular weight excluding hydrogens is 390 g/mol. The minimum atomic E-state index is -1.01. The van der Waals surface area contributed by atoms with Crippen LogP contribution in [0, 0.1) is 11.6 Å². The minimum absolute atomic E-state index is 0.0402. The van der Waals surface area contributed by atoms with Crippen LogP contribution in [0.15, 0.2) is 34.1 Å². The number of carbonyl (C=O) groups is 1. The Labute approximate surface area is 162 Å². The molecule has 0 aliphatic rings. The van der Waals surface area contributed by atoms with Gasteiger partial charge in [0.15, 0.2) is 11.2 Å². The first-order valence-electron chi connectivity index (χ1n) is 8.69. The molecule has 0 aliphatic heterocycles. The Hall–Kier alpha value is -3.34. The van der Waals surface area contributed by atoms with Crippen molar-refractivity contribution in [1.82, 2.24) is 18.7 Å². The highest BCUT2D eigenvalue weighted by Gasteiger charge is 2.22. The molecule has 0 fully saturated rings. The highest BCUT2D eigenvalue weighted by molar-refractivity contribution is 5.76. The molecule has 3 aromatic rings. The molecule has 0 N–H and O–H groups in total. The number of imidazole rings is 1. The second-order valence-electron chi connectivity index (χ2n) is 6.01. The molecule has 2 heterocycles. The van der Waals surface area contributed by atoms with Gasteiger partial charge in [-0.1, -0.05) is 0 Å². The molecule has 0 saturated carbocycles. The molecule has 3 rings (SSSR count). The summed E-state index contributed by atoms with van der Waals surface area (Å²) in [7, 11) is 1.40. The Morgan fingerprint density at radius 1 is 1.24 bits per heavy atom. The van der Waals surface area contributed by atoms with Crippen LogP contribution >= 0.6 is 0 Å². The summed E-state index contributed by atoms with van der Waals surface area (Å²) in [5, 5.41) is 0. The average Bonchev–Trinajstić information content (AvgIpc) is 3.07. The SMILES string of the molecule is CCOC(=O)Cn1cnc2c1c(=O)n(CCOC)c(=O)n2-c1ccc(F)cc1F. The maximum absolute atomic E-state index is 14.4. The van der Waals surface area contributed by atoms with E-state index in [1.54, 1.807) is 6.92 Å². The summed E-state index contributed by atoms with van der Waals surface area (Å²) in [5.41, 5.74) is -2.14. The fourth-order valence-corrected chi connectivity index (χ4v) is 2.90. The van der Waals surface area contributed by atoms with Gasteiger partial charge in [-0.05, 0) is 19.1 Å². The fraction of sp³-hybridized carbons (Fsp3) is 0.333. The highest BCUT2D eigenvalue weighted by atomic mass is 19.1. The molecule has 0 aliphatic carbocycles. The zero-order valence-corrected chi connectivity index (χ0v) is 15.7. The number of ether oxygens (including phenoxy) is 2. The van der Waals surface area contributed by atoms with Crippen molar-refractivity contribution in [2.24, 2.45) is 0 Å². The Morgan fingerprint density at radius 3 is 2.66 bits per heavy atom. The second kappa shape index (κ2) is 8.35. The van der Waals surface area contributed by atoms with E-state index in [9.17, 15) is 23.2 Å². The molecule has 2 aromatic heterocycles. The first-order chi connectivity index (χ1) is 13.9. The van der Waals surface area contributed by atoms with Gasteiger partial charge in [-0.2, -0.15) is 0 Å². The van der Waals surface area contributed by atoms with Gasteiger partial charge in [0.05, 0.1) is 31.8 Å². The molecular formula is C18H18F2N4O5. The number of benzene rings is 1. The van der Waals surface area contributed by atoms with Crippen molar-refractivity contribution in [1.29, 1.82) is 0 Å². The van der Waals surface area contributed by atoms with Gasteiger partial charge in [0.25, 0.3) is 5.56 Å². The summed E-state index contributed by atoms with van der Waals surface area (Å²) < 4.78 is 40.5. The van der Waals surface area contributed by atoms with Crippen molar-refractivity contribution in [3.8, 4) is 5.69 Å². The van der Waals surface area contributed by atoms with Gasteiger partial charge in [-0.15, -0.1) is 0 Å². The Kier molecular flexibility index (Phi) is 5.87. The zero-order valence-electron chi connectivity index (χ0n) is 15.7. The van der Waals surface area contributed by atoms with Gasteiger partial charge in [-0.25, -0.2) is 23.1 Å². The molecule has 0 amide bonds. The van der Waals surface area contributed by atoms with Crippen molar-refractivity contribution < 1.29 is 23.0 Å². The van der Waals surface area contributed by atoms with E-state index in [4.69, 9.17) is 9.47 Å². The topological polar surface area (TPSA) is 97.4 Å². The lowest BCUT2D eigenvalue weighted by molar-refractivity contribution is -0.143. The second-order valence-corrected chi connectivity index (χ2v) is 6.01. The standard InChI is InChI=1S/C18H18F2N4O5/c1-3-29-14(25)9-22-10-21-16-15(22)17(26)23(6-7-28-2)18(27)24(16)13-5-4-11(19)8-12(13)20/h4-5,8,10H,3,6-7,9H2,1-2H3. The molecule has 0 unspecified atom stereocenters. The zero-order chi connectivity index (χ0) is 21.1. The van der Waals surface area contributed by atoms with Crippen LogP contribution in [0.3, 0.4) is 0 Å². The van der Waals surface area contributed by atoms with Crippen LogP contribution in [0.5, 0.6) is 0 Å². The molecule has 11 heteroatoms. The van der Waals surface area contributed by atoms with Gasteiger partial charge in [0.1, 0.15) is 18.2 Å². The van der Waals surface area contributed by atoms with E-state index in [1.807, 2.05) is 0 Å². The van der Waals surface area contributed by atoms with E-state index >= 15 is 0 Å². The predicted molar refractivity (Wildman–Crippen MR) is 98.0 cm³/mol. The van der Waals surface area contributed by atoms with Crippen molar-refractivity contribution in [2.45, 2.75) is 20.0 Å². The van der Waals surface area contributed by atoms with Crippen LogP contribution in [-0.2, 0) is 27.4 Å². The molecule has 0 saturated heterocycles. The molecule has 1 aromatic carbocycles. The lowest BCUT2D eigenvalue weighted by Crippen LogP contribution is -2.41. The maximum Gasteiger partial charge on any atom is 0.337 e. The average molecular weight is 408 g/mol. The summed E-state index contributed by atoms with van der Waals surface area (Å²) in [6.07, 6.45) is 1.18. The van der Waals surface area contributed by atoms with E-state index in [0.29, 0.717) is 6.07 Å². The largest absolute Gasteiger partial charge is 0.465 e. The minimum Gasteiger partial charge on any atom is -0.465 e. The van der Waals surface area contributed by atoms with Crippen molar-refractivity contribution in [3.05, 3.63) is 57.0 Å². The number of nitrogens with zero attached hydrogens (tertiary/aromatic N) is 4. The van der Waals surface area contributed by atoms with Gasteiger partial charge >= 0.3 is 11.7 Å². The van der Waals surface area contributed by atoms with Crippen LogP contribution < -0.4 is 11.2 Å². The fourth-order valence-electron chi connectivity index (χ4n) is 2.90. The lowest BCUT2D eigenvalue weighted by atomic mass is 10.3. The summed E-state index contributed by atoms with van der Waals surface area (Å²) in [6, 6.07) is 2.67.